The number of guanidine groups is 1. The quantitative estimate of drug-likeness (QED) is 0.625. The fourth-order valence-corrected chi connectivity index (χ4v) is 2.52. The van der Waals surface area contributed by atoms with Gasteiger partial charge >= 0.3 is 0 Å². The Balaban J connectivity index is 1.78. The molecule has 1 fully saturated rings. The number of nitrogens with one attached hydrogen (secondary N) is 2. The number of hydrogen-bond donors (Lipinski definition) is 2. The molecule has 1 heterocycles. The van der Waals surface area contributed by atoms with Gasteiger partial charge in [0.2, 0.25) is 0 Å². The van der Waals surface area contributed by atoms with Crippen LogP contribution < -0.4 is 10.6 Å². The molecule has 4 heteroatoms. The Labute approximate surface area is 101 Å². The van der Waals surface area contributed by atoms with Crippen LogP contribution in [0.25, 0.3) is 0 Å². The van der Waals surface area contributed by atoms with Gasteiger partial charge in [-0.05, 0) is 38.3 Å². The van der Waals surface area contributed by atoms with Gasteiger partial charge in [-0.2, -0.15) is 0 Å². The third-order valence-electron chi connectivity index (χ3n) is 2.90. The van der Waals surface area contributed by atoms with Crippen LogP contribution in [0.1, 0.15) is 29.0 Å². The van der Waals surface area contributed by atoms with E-state index < -0.39 is 0 Å². The fraction of sp³-hybridized carbons (Fsp3) is 0.583. The van der Waals surface area contributed by atoms with Crippen LogP contribution in [0, 0.1) is 6.92 Å². The van der Waals surface area contributed by atoms with Gasteiger partial charge in [0.15, 0.2) is 5.96 Å². The average molecular weight is 237 g/mol. The molecule has 0 radical (unpaired) electrons. The van der Waals surface area contributed by atoms with Crippen molar-refractivity contribution in [1.29, 1.82) is 0 Å². The standard InChI is InChI=1S/C12H19N3S/c1-9-6-7-11(16-9)8-14-12(13-2)15-10-4-3-5-10/h6-7,10H,3-5,8H2,1-2H3,(H2,13,14,15). The molecular weight excluding hydrogens is 218 g/mol. The molecule has 0 saturated heterocycles. The van der Waals surface area contributed by atoms with Crippen LogP contribution in [0.15, 0.2) is 17.1 Å². The smallest absolute Gasteiger partial charge is 0.191 e. The summed E-state index contributed by atoms with van der Waals surface area (Å²) in [6, 6.07) is 4.96. The van der Waals surface area contributed by atoms with Gasteiger partial charge in [0.25, 0.3) is 0 Å². The van der Waals surface area contributed by atoms with E-state index in [2.05, 4.69) is 34.7 Å². The maximum Gasteiger partial charge on any atom is 0.191 e. The summed E-state index contributed by atoms with van der Waals surface area (Å²) >= 11 is 1.83. The Morgan fingerprint density at radius 1 is 1.50 bits per heavy atom. The van der Waals surface area contributed by atoms with E-state index in [-0.39, 0.29) is 0 Å². The van der Waals surface area contributed by atoms with Gasteiger partial charge in [0, 0.05) is 22.8 Å². The summed E-state index contributed by atoms with van der Waals surface area (Å²) in [5.74, 6) is 0.927. The molecule has 1 aliphatic carbocycles. The first kappa shape index (κ1) is 11.5. The molecule has 1 aliphatic rings. The van der Waals surface area contributed by atoms with Gasteiger partial charge in [-0.1, -0.05) is 0 Å². The molecule has 0 aliphatic heterocycles. The zero-order valence-corrected chi connectivity index (χ0v) is 10.7. The van der Waals surface area contributed by atoms with Crippen LogP contribution in [-0.4, -0.2) is 19.0 Å². The minimum Gasteiger partial charge on any atom is -0.354 e. The highest BCUT2D eigenvalue weighted by Crippen LogP contribution is 2.18. The normalized spacial score (nSPS) is 17.0. The Bertz CT molecular complexity index is 366. The second kappa shape index (κ2) is 5.34. The predicted molar refractivity (Wildman–Crippen MR) is 70.0 cm³/mol. The first-order valence-electron chi connectivity index (χ1n) is 5.80. The van der Waals surface area contributed by atoms with Gasteiger partial charge < -0.3 is 10.6 Å². The molecule has 1 aromatic rings. The lowest BCUT2D eigenvalue weighted by Gasteiger charge is -2.28. The molecule has 3 nitrogen and oxygen atoms in total. The van der Waals surface area contributed by atoms with Crippen LogP contribution in [0.3, 0.4) is 0 Å². The van der Waals surface area contributed by atoms with Gasteiger partial charge in [-0.3, -0.25) is 4.99 Å². The molecule has 0 spiro atoms. The minimum atomic E-state index is 0.635. The van der Waals surface area contributed by atoms with Crippen LogP contribution in [0.5, 0.6) is 0 Å². The second-order valence-electron chi connectivity index (χ2n) is 4.21. The third-order valence-corrected chi connectivity index (χ3v) is 3.90. The molecule has 0 atom stereocenters. The molecule has 2 N–H and O–H groups in total. The lowest BCUT2D eigenvalue weighted by Crippen LogP contribution is -2.45. The summed E-state index contributed by atoms with van der Waals surface area (Å²) in [4.78, 5) is 6.95. The Hall–Kier alpha value is -1.03. The summed E-state index contributed by atoms with van der Waals surface area (Å²) in [5, 5.41) is 6.77. The molecule has 1 aromatic heterocycles. The zero-order chi connectivity index (χ0) is 11.4. The van der Waals surface area contributed by atoms with Crippen molar-refractivity contribution in [2.45, 2.75) is 38.8 Å². The minimum absolute atomic E-state index is 0.635. The highest BCUT2D eigenvalue weighted by molar-refractivity contribution is 7.11. The van der Waals surface area contributed by atoms with E-state index in [0.29, 0.717) is 6.04 Å². The van der Waals surface area contributed by atoms with E-state index in [1.807, 2.05) is 18.4 Å². The van der Waals surface area contributed by atoms with Gasteiger partial charge in [0.1, 0.15) is 0 Å². The van der Waals surface area contributed by atoms with Crippen LogP contribution in [0.4, 0.5) is 0 Å². The summed E-state index contributed by atoms with van der Waals surface area (Å²) in [6.45, 7) is 3.00. The molecule has 16 heavy (non-hydrogen) atoms. The highest BCUT2D eigenvalue weighted by Gasteiger charge is 2.17. The first-order valence-corrected chi connectivity index (χ1v) is 6.62. The summed E-state index contributed by atoms with van der Waals surface area (Å²) in [5.41, 5.74) is 0. The molecule has 0 amide bonds. The van der Waals surface area contributed by atoms with Crippen LogP contribution in [-0.2, 0) is 6.54 Å². The zero-order valence-electron chi connectivity index (χ0n) is 9.92. The highest BCUT2D eigenvalue weighted by atomic mass is 32.1. The summed E-state index contributed by atoms with van der Waals surface area (Å²) in [6.07, 6.45) is 3.90. The van der Waals surface area contributed by atoms with Crippen LogP contribution in [0.2, 0.25) is 0 Å². The molecule has 2 rings (SSSR count). The SMILES string of the molecule is CN=C(NCc1ccc(C)s1)NC1CCC1. The van der Waals surface area contributed by atoms with Crippen molar-refractivity contribution in [1.82, 2.24) is 10.6 Å². The van der Waals surface area contributed by atoms with E-state index >= 15 is 0 Å². The second-order valence-corrected chi connectivity index (χ2v) is 5.58. The van der Waals surface area contributed by atoms with Crippen molar-refractivity contribution in [2.75, 3.05) is 7.05 Å². The molecule has 88 valence electrons. The van der Waals surface area contributed by atoms with Gasteiger partial charge in [-0.25, -0.2) is 0 Å². The fourth-order valence-electron chi connectivity index (χ4n) is 1.69. The lowest BCUT2D eigenvalue weighted by molar-refractivity contribution is 0.380. The summed E-state index contributed by atoms with van der Waals surface area (Å²) in [7, 11) is 1.83. The number of hydrogen-bond acceptors (Lipinski definition) is 2. The van der Waals surface area contributed by atoms with Crippen molar-refractivity contribution in [3.63, 3.8) is 0 Å². The van der Waals surface area contributed by atoms with Crippen molar-refractivity contribution >= 4 is 17.3 Å². The largest absolute Gasteiger partial charge is 0.354 e. The number of aliphatic imine (C=N–C) groups is 1. The average Bonchev–Trinajstić information content (AvgIpc) is 2.62. The molecule has 0 aromatic carbocycles. The van der Waals surface area contributed by atoms with E-state index in [9.17, 15) is 0 Å². The van der Waals surface area contributed by atoms with Crippen LogP contribution >= 0.6 is 11.3 Å². The van der Waals surface area contributed by atoms with Crippen molar-refractivity contribution < 1.29 is 0 Å². The Morgan fingerprint density at radius 3 is 2.81 bits per heavy atom. The number of rotatable bonds is 3. The lowest BCUT2D eigenvalue weighted by atomic mass is 9.93. The Kier molecular flexibility index (Phi) is 3.83. The number of nitrogens with zero attached hydrogens (tertiary/aromatic N) is 1. The molecule has 0 unspecified atom stereocenters. The van der Waals surface area contributed by atoms with Crippen molar-refractivity contribution in [2.24, 2.45) is 4.99 Å². The number of aryl methyl sites for hydroxylation is 1. The van der Waals surface area contributed by atoms with Gasteiger partial charge in [-0.15, -0.1) is 11.3 Å². The van der Waals surface area contributed by atoms with E-state index in [1.165, 1.54) is 29.0 Å². The van der Waals surface area contributed by atoms with Gasteiger partial charge in [0.05, 0.1) is 6.54 Å². The monoisotopic (exact) mass is 237 g/mol. The maximum absolute atomic E-state index is 4.23. The molecular formula is C12H19N3S. The topological polar surface area (TPSA) is 36.4 Å². The summed E-state index contributed by atoms with van der Waals surface area (Å²) < 4.78 is 0. The predicted octanol–water partition coefficient (Wildman–Crippen LogP) is 2.27. The van der Waals surface area contributed by atoms with Crippen molar-refractivity contribution in [3.05, 3.63) is 21.9 Å². The first-order chi connectivity index (χ1) is 7.78. The maximum atomic E-state index is 4.23. The molecule has 1 saturated carbocycles. The van der Waals surface area contributed by atoms with E-state index in [1.54, 1.807) is 0 Å². The van der Waals surface area contributed by atoms with E-state index in [4.69, 9.17) is 0 Å². The Morgan fingerprint density at radius 2 is 2.31 bits per heavy atom. The number of thiophene rings is 1. The van der Waals surface area contributed by atoms with Crippen molar-refractivity contribution in [3.8, 4) is 0 Å². The van der Waals surface area contributed by atoms with E-state index in [0.717, 1.165) is 12.5 Å². The third kappa shape index (κ3) is 2.98. The molecule has 0 bridgehead atoms.